The lowest BCUT2D eigenvalue weighted by atomic mass is 10.00. The van der Waals surface area contributed by atoms with E-state index < -0.39 is 0 Å². The second-order valence-electron chi connectivity index (χ2n) is 8.83. The van der Waals surface area contributed by atoms with Crippen molar-refractivity contribution in [1.29, 1.82) is 0 Å². The highest BCUT2D eigenvalue weighted by molar-refractivity contribution is 5.86. The summed E-state index contributed by atoms with van der Waals surface area (Å²) in [4.78, 5) is 28.7. The van der Waals surface area contributed by atoms with Crippen LogP contribution in [-0.2, 0) is 11.3 Å². The SMILES string of the molecule is C[C@H](NC(=O)N(CCCN1CCOCC1)Cc1ccc(C=O)cc1)c1cccc2ccccc12. The van der Waals surface area contributed by atoms with Crippen LogP contribution in [-0.4, -0.2) is 61.5 Å². The number of benzene rings is 3. The molecule has 6 heteroatoms. The van der Waals surface area contributed by atoms with Crippen molar-refractivity contribution < 1.29 is 14.3 Å². The van der Waals surface area contributed by atoms with Crippen LogP contribution in [0.2, 0.25) is 0 Å². The van der Waals surface area contributed by atoms with Crippen LogP contribution in [0, 0.1) is 0 Å². The summed E-state index contributed by atoms with van der Waals surface area (Å²) in [5.41, 5.74) is 2.75. The number of morpholine rings is 1. The topological polar surface area (TPSA) is 61.9 Å². The molecule has 4 rings (SSSR count). The summed E-state index contributed by atoms with van der Waals surface area (Å²) in [6, 6.07) is 21.7. The molecule has 1 fully saturated rings. The molecule has 34 heavy (non-hydrogen) atoms. The van der Waals surface area contributed by atoms with Crippen molar-refractivity contribution in [2.75, 3.05) is 39.4 Å². The van der Waals surface area contributed by atoms with Gasteiger partial charge in [-0.3, -0.25) is 9.69 Å². The third kappa shape index (κ3) is 6.22. The van der Waals surface area contributed by atoms with Crippen LogP contribution < -0.4 is 5.32 Å². The van der Waals surface area contributed by atoms with Gasteiger partial charge in [-0.15, -0.1) is 0 Å². The first-order valence-corrected chi connectivity index (χ1v) is 12.0. The van der Waals surface area contributed by atoms with Crippen LogP contribution in [0.5, 0.6) is 0 Å². The van der Waals surface area contributed by atoms with Crippen molar-refractivity contribution in [3.63, 3.8) is 0 Å². The lowest BCUT2D eigenvalue weighted by Crippen LogP contribution is -2.43. The van der Waals surface area contributed by atoms with Crippen LogP contribution in [0.15, 0.2) is 66.7 Å². The Kier molecular flexibility index (Phi) is 8.28. The number of hydrogen-bond donors (Lipinski definition) is 1. The van der Waals surface area contributed by atoms with E-state index >= 15 is 0 Å². The maximum atomic E-state index is 13.4. The van der Waals surface area contributed by atoms with E-state index in [0.29, 0.717) is 18.7 Å². The van der Waals surface area contributed by atoms with Crippen molar-refractivity contribution in [3.8, 4) is 0 Å². The lowest BCUT2D eigenvalue weighted by molar-refractivity contribution is 0.0364. The smallest absolute Gasteiger partial charge is 0.318 e. The Bertz CT molecular complexity index is 1090. The normalized spacial score (nSPS) is 15.1. The molecule has 1 aliphatic heterocycles. The van der Waals surface area contributed by atoms with E-state index in [-0.39, 0.29) is 12.1 Å². The molecule has 0 aliphatic carbocycles. The number of amides is 2. The Balaban J connectivity index is 1.45. The molecular formula is C28H33N3O3. The average molecular weight is 460 g/mol. The molecule has 0 aromatic heterocycles. The largest absolute Gasteiger partial charge is 0.379 e. The highest BCUT2D eigenvalue weighted by Crippen LogP contribution is 2.24. The molecule has 1 aliphatic rings. The van der Waals surface area contributed by atoms with Gasteiger partial charge in [-0.25, -0.2) is 4.79 Å². The Morgan fingerprint density at radius 1 is 1.06 bits per heavy atom. The second-order valence-corrected chi connectivity index (χ2v) is 8.83. The molecule has 3 aromatic carbocycles. The molecule has 6 nitrogen and oxygen atoms in total. The van der Waals surface area contributed by atoms with E-state index in [0.717, 1.165) is 62.1 Å². The predicted molar refractivity (Wildman–Crippen MR) is 135 cm³/mol. The van der Waals surface area contributed by atoms with Gasteiger partial charge in [0.05, 0.1) is 19.3 Å². The summed E-state index contributed by atoms with van der Waals surface area (Å²) < 4.78 is 5.44. The number of rotatable bonds is 9. The van der Waals surface area contributed by atoms with Gasteiger partial charge >= 0.3 is 6.03 Å². The number of carbonyl (C=O) groups excluding carboxylic acids is 2. The van der Waals surface area contributed by atoms with Gasteiger partial charge in [-0.2, -0.15) is 0 Å². The van der Waals surface area contributed by atoms with Crippen molar-refractivity contribution >= 4 is 23.1 Å². The van der Waals surface area contributed by atoms with Crippen LogP contribution in [0.1, 0.15) is 40.9 Å². The fraction of sp³-hybridized carbons (Fsp3) is 0.357. The zero-order valence-electron chi connectivity index (χ0n) is 19.8. The quantitative estimate of drug-likeness (QED) is 0.473. The molecule has 0 radical (unpaired) electrons. The fourth-order valence-corrected chi connectivity index (χ4v) is 4.47. The number of fused-ring (bicyclic) bond motifs is 1. The first-order valence-electron chi connectivity index (χ1n) is 12.0. The van der Waals surface area contributed by atoms with Gasteiger partial charge in [0.1, 0.15) is 6.29 Å². The molecule has 2 amide bonds. The number of nitrogens with zero attached hydrogens (tertiary/aromatic N) is 2. The molecule has 0 saturated carbocycles. The molecular weight excluding hydrogens is 426 g/mol. The van der Waals surface area contributed by atoms with E-state index in [4.69, 9.17) is 4.74 Å². The monoisotopic (exact) mass is 459 g/mol. The average Bonchev–Trinajstić information content (AvgIpc) is 2.88. The number of aldehydes is 1. The first-order chi connectivity index (χ1) is 16.6. The Morgan fingerprint density at radius 2 is 1.79 bits per heavy atom. The summed E-state index contributed by atoms with van der Waals surface area (Å²) in [7, 11) is 0. The number of ether oxygens (including phenoxy) is 1. The van der Waals surface area contributed by atoms with Crippen molar-refractivity contribution in [3.05, 3.63) is 83.4 Å². The second kappa shape index (κ2) is 11.8. The third-order valence-electron chi connectivity index (χ3n) is 6.41. The minimum absolute atomic E-state index is 0.0816. The van der Waals surface area contributed by atoms with E-state index in [1.807, 2.05) is 42.2 Å². The summed E-state index contributed by atoms with van der Waals surface area (Å²) in [6.07, 6.45) is 1.73. The van der Waals surface area contributed by atoms with Gasteiger partial charge in [-0.05, 0) is 35.2 Å². The molecule has 1 N–H and O–H groups in total. The molecule has 0 unspecified atom stereocenters. The summed E-state index contributed by atoms with van der Waals surface area (Å²) in [5, 5.41) is 5.54. The zero-order chi connectivity index (χ0) is 23.8. The maximum Gasteiger partial charge on any atom is 0.318 e. The van der Waals surface area contributed by atoms with E-state index in [9.17, 15) is 9.59 Å². The van der Waals surface area contributed by atoms with E-state index in [1.54, 1.807) is 12.1 Å². The Labute approximate surface area is 201 Å². The molecule has 0 spiro atoms. The molecule has 1 heterocycles. The minimum Gasteiger partial charge on any atom is -0.379 e. The maximum absolute atomic E-state index is 13.4. The van der Waals surface area contributed by atoms with Gasteiger partial charge in [-0.1, -0.05) is 66.7 Å². The molecule has 3 aromatic rings. The van der Waals surface area contributed by atoms with Crippen LogP contribution >= 0.6 is 0 Å². The predicted octanol–water partition coefficient (Wildman–Crippen LogP) is 4.65. The van der Waals surface area contributed by atoms with Crippen LogP contribution in [0.4, 0.5) is 4.79 Å². The fourth-order valence-electron chi connectivity index (χ4n) is 4.47. The standard InChI is InChI=1S/C28H33N3O3/c1-22(26-9-4-7-25-6-2-3-8-27(25)26)29-28(33)31(15-5-14-30-16-18-34-19-17-30)20-23-10-12-24(21-32)13-11-23/h2-4,6-13,21-22H,5,14-20H2,1H3,(H,29,33)/t22-/m0/s1. The summed E-state index contributed by atoms with van der Waals surface area (Å²) in [6.45, 7) is 7.55. The van der Waals surface area contributed by atoms with Gasteiger partial charge in [0, 0.05) is 38.3 Å². The molecule has 1 atom stereocenters. The number of urea groups is 1. The number of nitrogens with one attached hydrogen (secondary N) is 1. The Hall–Kier alpha value is -3.22. The highest BCUT2D eigenvalue weighted by Gasteiger charge is 2.19. The lowest BCUT2D eigenvalue weighted by Gasteiger charge is -2.29. The summed E-state index contributed by atoms with van der Waals surface area (Å²) >= 11 is 0. The van der Waals surface area contributed by atoms with Gasteiger partial charge in [0.2, 0.25) is 0 Å². The van der Waals surface area contributed by atoms with Crippen molar-refractivity contribution in [2.24, 2.45) is 0 Å². The van der Waals surface area contributed by atoms with Gasteiger partial charge in [0.25, 0.3) is 0 Å². The number of hydrogen-bond acceptors (Lipinski definition) is 4. The highest BCUT2D eigenvalue weighted by atomic mass is 16.5. The minimum atomic E-state index is -0.127. The first kappa shape index (κ1) is 23.9. The molecule has 0 bridgehead atoms. The van der Waals surface area contributed by atoms with Crippen LogP contribution in [0.3, 0.4) is 0 Å². The molecule has 178 valence electrons. The third-order valence-corrected chi connectivity index (χ3v) is 6.41. The zero-order valence-corrected chi connectivity index (χ0v) is 19.8. The van der Waals surface area contributed by atoms with Crippen LogP contribution in [0.25, 0.3) is 10.8 Å². The van der Waals surface area contributed by atoms with Gasteiger partial charge in [0.15, 0.2) is 0 Å². The van der Waals surface area contributed by atoms with E-state index in [1.165, 1.54) is 5.39 Å². The van der Waals surface area contributed by atoms with E-state index in [2.05, 4.69) is 34.5 Å². The van der Waals surface area contributed by atoms with Gasteiger partial charge < -0.3 is 15.0 Å². The molecule has 1 saturated heterocycles. The van der Waals surface area contributed by atoms with Crippen molar-refractivity contribution in [2.45, 2.75) is 25.9 Å². The summed E-state index contributed by atoms with van der Waals surface area (Å²) in [5.74, 6) is 0. The number of carbonyl (C=O) groups is 2. The van der Waals surface area contributed by atoms with Crippen molar-refractivity contribution in [1.82, 2.24) is 15.1 Å². The Morgan fingerprint density at radius 3 is 2.56 bits per heavy atom.